The van der Waals surface area contributed by atoms with Crippen molar-refractivity contribution in [3.8, 4) is 0 Å². The highest BCUT2D eigenvalue weighted by Crippen LogP contribution is 2.26. The minimum absolute atomic E-state index is 0.600. The van der Waals surface area contributed by atoms with Crippen LogP contribution in [0.15, 0.2) is 48.5 Å². The average molecular weight is 353 g/mol. The van der Waals surface area contributed by atoms with E-state index in [1.165, 1.54) is 11.1 Å². The number of hydrogen-bond acceptors (Lipinski definition) is 4. The van der Waals surface area contributed by atoms with Crippen LogP contribution in [0.5, 0.6) is 0 Å². The molecule has 4 nitrogen and oxygen atoms in total. The van der Waals surface area contributed by atoms with Gasteiger partial charge in [-0.15, -0.1) is 0 Å². The summed E-state index contributed by atoms with van der Waals surface area (Å²) >= 11 is 6.19. The standard InChI is InChI=1S/C20H21ClN4/c1-13-7-9-16(10-8-13)12-22-20-23-14(2)11-19(25-20)24-18-6-4-5-17(21)15(18)3/h4-11H,12H2,1-3H3,(H2,22,23,24,25). The van der Waals surface area contributed by atoms with E-state index in [4.69, 9.17) is 11.6 Å². The largest absolute Gasteiger partial charge is 0.350 e. The number of nitrogens with zero attached hydrogens (tertiary/aromatic N) is 2. The molecule has 0 aliphatic rings. The van der Waals surface area contributed by atoms with Crippen LogP contribution in [0.2, 0.25) is 5.02 Å². The molecular weight excluding hydrogens is 332 g/mol. The summed E-state index contributed by atoms with van der Waals surface area (Å²) in [7, 11) is 0. The maximum Gasteiger partial charge on any atom is 0.225 e. The normalized spacial score (nSPS) is 10.6. The van der Waals surface area contributed by atoms with Crippen LogP contribution >= 0.6 is 11.6 Å². The smallest absolute Gasteiger partial charge is 0.225 e. The number of benzene rings is 2. The Bertz CT molecular complexity index is 875. The van der Waals surface area contributed by atoms with E-state index in [2.05, 4.69) is 51.8 Å². The molecule has 1 aromatic heterocycles. The van der Waals surface area contributed by atoms with Crippen molar-refractivity contribution >= 4 is 29.1 Å². The third-order valence-corrected chi connectivity index (χ3v) is 4.37. The van der Waals surface area contributed by atoms with Gasteiger partial charge in [0.05, 0.1) is 0 Å². The summed E-state index contributed by atoms with van der Waals surface area (Å²) < 4.78 is 0. The fraction of sp³-hybridized carbons (Fsp3) is 0.200. The highest BCUT2D eigenvalue weighted by Gasteiger charge is 2.06. The molecule has 0 saturated carbocycles. The monoisotopic (exact) mass is 352 g/mol. The van der Waals surface area contributed by atoms with Crippen molar-refractivity contribution in [3.05, 3.63) is 75.9 Å². The summed E-state index contributed by atoms with van der Waals surface area (Å²) in [5.74, 6) is 1.34. The molecule has 1 heterocycles. The Hall–Kier alpha value is -2.59. The molecule has 0 aliphatic carbocycles. The maximum absolute atomic E-state index is 6.19. The molecule has 0 radical (unpaired) electrons. The number of anilines is 3. The quantitative estimate of drug-likeness (QED) is 0.644. The first-order valence-electron chi connectivity index (χ1n) is 8.18. The first-order chi connectivity index (χ1) is 12.0. The molecule has 0 atom stereocenters. The third kappa shape index (κ3) is 4.48. The third-order valence-electron chi connectivity index (χ3n) is 3.96. The summed E-state index contributed by atoms with van der Waals surface area (Å²) in [4.78, 5) is 9.02. The molecule has 2 aromatic carbocycles. The first kappa shape index (κ1) is 17.2. The predicted molar refractivity (Wildman–Crippen MR) is 105 cm³/mol. The summed E-state index contributed by atoms with van der Waals surface area (Å²) in [6.45, 7) is 6.69. The van der Waals surface area contributed by atoms with Crippen molar-refractivity contribution < 1.29 is 0 Å². The fourth-order valence-electron chi connectivity index (χ4n) is 2.48. The lowest BCUT2D eigenvalue weighted by molar-refractivity contribution is 1.03. The van der Waals surface area contributed by atoms with Gasteiger partial charge in [0.1, 0.15) is 5.82 Å². The molecule has 0 spiro atoms. The van der Waals surface area contributed by atoms with E-state index in [0.717, 1.165) is 27.8 Å². The van der Waals surface area contributed by atoms with Crippen LogP contribution in [0.1, 0.15) is 22.4 Å². The van der Waals surface area contributed by atoms with E-state index in [0.29, 0.717) is 12.5 Å². The van der Waals surface area contributed by atoms with Crippen LogP contribution in [0.4, 0.5) is 17.5 Å². The molecule has 0 fully saturated rings. The number of aryl methyl sites for hydroxylation is 2. The van der Waals surface area contributed by atoms with E-state index in [1.54, 1.807) is 0 Å². The predicted octanol–water partition coefficient (Wildman–Crippen LogP) is 5.41. The van der Waals surface area contributed by atoms with Crippen molar-refractivity contribution in [2.45, 2.75) is 27.3 Å². The highest BCUT2D eigenvalue weighted by atomic mass is 35.5. The van der Waals surface area contributed by atoms with Gasteiger partial charge in [-0.1, -0.05) is 47.5 Å². The van der Waals surface area contributed by atoms with Gasteiger partial charge in [-0.2, -0.15) is 4.98 Å². The lowest BCUT2D eigenvalue weighted by Gasteiger charge is -2.12. The number of hydrogen-bond donors (Lipinski definition) is 2. The highest BCUT2D eigenvalue weighted by molar-refractivity contribution is 6.31. The molecule has 0 amide bonds. The Morgan fingerprint density at radius 3 is 2.48 bits per heavy atom. The molecule has 5 heteroatoms. The van der Waals surface area contributed by atoms with Gasteiger partial charge in [-0.05, 0) is 44.0 Å². The average Bonchev–Trinajstić information content (AvgIpc) is 2.58. The molecular formula is C20H21ClN4. The van der Waals surface area contributed by atoms with Crippen LogP contribution in [0, 0.1) is 20.8 Å². The Morgan fingerprint density at radius 1 is 0.960 bits per heavy atom. The molecule has 0 aliphatic heterocycles. The van der Waals surface area contributed by atoms with Crippen LogP contribution in [-0.4, -0.2) is 9.97 Å². The lowest BCUT2D eigenvalue weighted by atomic mass is 10.1. The van der Waals surface area contributed by atoms with E-state index in [-0.39, 0.29) is 0 Å². The molecule has 3 aromatic rings. The van der Waals surface area contributed by atoms with Gasteiger partial charge < -0.3 is 10.6 Å². The molecule has 2 N–H and O–H groups in total. The van der Waals surface area contributed by atoms with Crippen LogP contribution in [0.25, 0.3) is 0 Å². The number of aromatic nitrogens is 2. The van der Waals surface area contributed by atoms with E-state index < -0.39 is 0 Å². The molecule has 0 bridgehead atoms. The fourth-order valence-corrected chi connectivity index (χ4v) is 2.65. The lowest BCUT2D eigenvalue weighted by Crippen LogP contribution is -2.06. The van der Waals surface area contributed by atoms with Crippen LogP contribution in [0.3, 0.4) is 0 Å². The zero-order chi connectivity index (χ0) is 17.8. The Kier molecular flexibility index (Phi) is 5.19. The van der Waals surface area contributed by atoms with Gasteiger partial charge in [-0.25, -0.2) is 4.98 Å². The van der Waals surface area contributed by atoms with Gasteiger partial charge in [0.25, 0.3) is 0 Å². The van der Waals surface area contributed by atoms with Crippen molar-refractivity contribution in [3.63, 3.8) is 0 Å². The zero-order valence-corrected chi connectivity index (χ0v) is 15.4. The van der Waals surface area contributed by atoms with Crippen molar-refractivity contribution in [1.29, 1.82) is 0 Å². The molecule has 128 valence electrons. The summed E-state index contributed by atoms with van der Waals surface area (Å²) in [6, 6.07) is 16.1. The minimum Gasteiger partial charge on any atom is -0.350 e. The summed E-state index contributed by atoms with van der Waals surface area (Å²) in [6.07, 6.45) is 0. The Labute approximate surface area is 153 Å². The van der Waals surface area contributed by atoms with Gasteiger partial charge in [-0.3, -0.25) is 0 Å². The Morgan fingerprint density at radius 2 is 1.72 bits per heavy atom. The van der Waals surface area contributed by atoms with Gasteiger partial charge in [0.2, 0.25) is 5.95 Å². The SMILES string of the molecule is Cc1ccc(CNc2nc(C)cc(Nc3cccc(Cl)c3C)n2)cc1. The number of nitrogens with one attached hydrogen (secondary N) is 2. The van der Waals surface area contributed by atoms with Gasteiger partial charge in [0, 0.05) is 29.0 Å². The second-order valence-electron chi connectivity index (χ2n) is 6.09. The summed E-state index contributed by atoms with van der Waals surface area (Å²) in [5, 5.41) is 7.34. The van der Waals surface area contributed by atoms with Crippen LogP contribution in [-0.2, 0) is 6.54 Å². The topological polar surface area (TPSA) is 49.8 Å². The van der Waals surface area contributed by atoms with Crippen molar-refractivity contribution in [2.24, 2.45) is 0 Å². The minimum atomic E-state index is 0.600. The molecule has 0 saturated heterocycles. The number of halogens is 1. The second-order valence-corrected chi connectivity index (χ2v) is 6.50. The molecule has 0 unspecified atom stereocenters. The van der Waals surface area contributed by atoms with Gasteiger partial charge >= 0.3 is 0 Å². The molecule has 3 rings (SSSR count). The van der Waals surface area contributed by atoms with Crippen molar-refractivity contribution in [1.82, 2.24) is 9.97 Å². The molecule has 25 heavy (non-hydrogen) atoms. The second kappa shape index (κ2) is 7.53. The van der Waals surface area contributed by atoms with Gasteiger partial charge in [0.15, 0.2) is 0 Å². The van der Waals surface area contributed by atoms with E-state index >= 15 is 0 Å². The number of rotatable bonds is 5. The van der Waals surface area contributed by atoms with E-state index in [1.807, 2.05) is 38.1 Å². The Balaban J connectivity index is 1.76. The zero-order valence-electron chi connectivity index (χ0n) is 14.6. The first-order valence-corrected chi connectivity index (χ1v) is 8.56. The summed E-state index contributed by atoms with van der Waals surface area (Å²) in [5.41, 5.74) is 5.27. The van der Waals surface area contributed by atoms with Crippen molar-refractivity contribution in [2.75, 3.05) is 10.6 Å². The maximum atomic E-state index is 6.19. The van der Waals surface area contributed by atoms with Crippen LogP contribution < -0.4 is 10.6 Å². The van der Waals surface area contributed by atoms with E-state index in [9.17, 15) is 0 Å².